The average molecular weight is 191 g/mol. The van der Waals surface area contributed by atoms with Crippen LogP contribution in [0.2, 0.25) is 0 Å². The SMILES string of the molecule is CC1COC(=O)N1Cc1ccccc1. The number of hydrogen-bond donors (Lipinski definition) is 0. The van der Waals surface area contributed by atoms with Crippen LogP contribution in [0.4, 0.5) is 4.79 Å². The van der Waals surface area contributed by atoms with E-state index in [0.717, 1.165) is 5.56 Å². The Hall–Kier alpha value is -1.51. The summed E-state index contributed by atoms with van der Waals surface area (Å²) in [6, 6.07) is 10.1. The molecule has 1 saturated heterocycles. The molecule has 0 saturated carbocycles. The Labute approximate surface area is 83.3 Å². The second-order valence-corrected chi connectivity index (χ2v) is 3.54. The van der Waals surface area contributed by atoms with E-state index in [4.69, 9.17) is 4.74 Å². The van der Waals surface area contributed by atoms with Crippen LogP contribution in [0.3, 0.4) is 0 Å². The van der Waals surface area contributed by atoms with Crippen molar-refractivity contribution in [2.75, 3.05) is 6.61 Å². The molecule has 1 unspecified atom stereocenters. The molecule has 1 amide bonds. The van der Waals surface area contributed by atoms with Gasteiger partial charge in [0, 0.05) is 6.54 Å². The number of hydrogen-bond acceptors (Lipinski definition) is 2. The van der Waals surface area contributed by atoms with Crippen LogP contribution in [0.1, 0.15) is 12.5 Å². The number of carbonyl (C=O) groups excluding carboxylic acids is 1. The summed E-state index contributed by atoms with van der Waals surface area (Å²) in [6.45, 7) is 3.14. The fraction of sp³-hybridized carbons (Fsp3) is 0.364. The third-order valence-electron chi connectivity index (χ3n) is 2.41. The van der Waals surface area contributed by atoms with Crippen LogP contribution in [0, 0.1) is 0 Å². The minimum atomic E-state index is -0.207. The van der Waals surface area contributed by atoms with Gasteiger partial charge in [-0.3, -0.25) is 4.90 Å². The molecule has 0 aliphatic carbocycles. The number of ether oxygens (including phenoxy) is 1. The molecule has 1 atom stereocenters. The third kappa shape index (κ3) is 1.71. The first kappa shape index (κ1) is 9.06. The van der Waals surface area contributed by atoms with Crippen molar-refractivity contribution in [1.82, 2.24) is 4.90 Å². The lowest BCUT2D eigenvalue weighted by molar-refractivity contribution is 0.156. The Balaban J connectivity index is 2.07. The highest BCUT2D eigenvalue weighted by atomic mass is 16.6. The fourth-order valence-electron chi connectivity index (χ4n) is 1.55. The van der Waals surface area contributed by atoms with E-state index in [2.05, 4.69) is 0 Å². The zero-order valence-corrected chi connectivity index (χ0v) is 8.14. The Morgan fingerprint density at radius 3 is 2.71 bits per heavy atom. The zero-order valence-electron chi connectivity index (χ0n) is 8.14. The van der Waals surface area contributed by atoms with E-state index in [9.17, 15) is 4.79 Å². The lowest BCUT2D eigenvalue weighted by Crippen LogP contribution is -2.30. The summed E-state index contributed by atoms with van der Waals surface area (Å²) in [5.74, 6) is 0. The van der Waals surface area contributed by atoms with Gasteiger partial charge in [0.15, 0.2) is 0 Å². The van der Waals surface area contributed by atoms with Crippen LogP contribution >= 0.6 is 0 Å². The molecule has 2 rings (SSSR count). The maximum atomic E-state index is 11.3. The molecule has 0 radical (unpaired) electrons. The summed E-state index contributed by atoms with van der Waals surface area (Å²) < 4.78 is 4.94. The molecule has 1 aromatic carbocycles. The van der Waals surface area contributed by atoms with Gasteiger partial charge in [-0.2, -0.15) is 0 Å². The molecular formula is C11H13NO2. The van der Waals surface area contributed by atoms with Crippen LogP contribution in [0.5, 0.6) is 0 Å². The quantitative estimate of drug-likeness (QED) is 0.715. The first-order valence-electron chi connectivity index (χ1n) is 4.74. The Bertz CT molecular complexity index is 323. The zero-order chi connectivity index (χ0) is 9.97. The average Bonchev–Trinajstić information content (AvgIpc) is 2.51. The minimum absolute atomic E-state index is 0.183. The van der Waals surface area contributed by atoms with Gasteiger partial charge in [-0.25, -0.2) is 4.79 Å². The number of cyclic esters (lactones) is 1. The molecule has 74 valence electrons. The van der Waals surface area contributed by atoms with Gasteiger partial charge in [0.1, 0.15) is 6.61 Å². The van der Waals surface area contributed by atoms with E-state index in [1.165, 1.54) is 0 Å². The molecule has 0 bridgehead atoms. The maximum Gasteiger partial charge on any atom is 0.410 e. The Morgan fingerprint density at radius 2 is 2.14 bits per heavy atom. The Morgan fingerprint density at radius 1 is 1.43 bits per heavy atom. The van der Waals surface area contributed by atoms with Crippen LogP contribution in [-0.2, 0) is 11.3 Å². The van der Waals surface area contributed by atoms with Crippen molar-refractivity contribution in [2.24, 2.45) is 0 Å². The van der Waals surface area contributed by atoms with E-state index in [1.54, 1.807) is 4.90 Å². The summed E-state index contributed by atoms with van der Waals surface area (Å²) in [6.07, 6.45) is -0.207. The number of amides is 1. The van der Waals surface area contributed by atoms with Gasteiger partial charge in [-0.1, -0.05) is 30.3 Å². The summed E-state index contributed by atoms with van der Waals surface area (Å²) >= 11 is 0. The van der Waals surface area contributed by atoms with Crippen molar-refractivity contribution in [3.05, 3.63) is 35.9 Å². The second-order valence-electron chi connectivity index (χ2n) is 3.54. The standard InChI is InChI=1S/C11H13NO2/c1-9-8-14-11(13)12(9)7-10-5-3-2-4-6-10/h2-6,9H,7-8H2,1H3. The molecule has 1 heterocycles. The van der Waals surface area contributed by atoms with E-state index < -0.39 is 0 Å². The lowest BCUT2D eigenvalue weighted by atomic mass is 10.2. The number of rotatable bonds is 2. The predicted molar refractivity (Wildman–Crippen MR) is 52.8 cm³/mol. The van der Waals surface area contributed by atoms with Crippen LogP contribution < -0.4 is 0 Å². The molecule has 0 N–H and O–H groups in total. The van der Waals surface area contributed by atoms with Crippen LogP contribution in [-0.4, -0.2) is 23.6 Å². The third-order valence-corrected chi connectivity index (χ3v) is 2.41. The molecule has 3 heteroatoms. The van der Waals surface area contributed by atoms with E-state index in [0.29, 0.717) is 13.2 Å². The van der Waals surface area contributed by atoms with Crippen molar-refractivity contribution in [2.45, 2.75) is 19.5 Å². The summed E-state index contributed by atoms with van der Waals surface area (Å²) in [5.41, 5.74) is 1.14. The van der Waals surface area contributed by atoms with E-state index >= 15 is 0 Å². The molecule has 1 aliphatic heterocycles. The maximum absolute atomic E-state index is 11.3. The molecule has 1 fully saturated rings. The van der Waals surface area contributed by atoms with E-state index in [1.807, 2.05) is 37.3 Å². The van der Waals surface area contributed by atoms with Gasteiger partial charge in [0.25, 0.3) is 0 Å². The van der Waals surface area contributed by atoms with Crippen LogP contribution in [0.25, 0.3) is 0 Å². The summed E-state index contributed by atoms with van der Waals surface area (Å²) in [5, 5.41) is 0. The van der Waals surface area contributed by atoms with Gasteiger partial charge < -0.3 is 4.74 Å². The van der Waals surface area contributed by atoms with Crippen molar-refractivity contribution in [1.29, 1.82) is 0 Å². The molecular weight excluding hydrogens is 178 g/mol. The van der Waals surface area contributed by atoms with Crippen LogP contribution in [0.15, 0.2) is 30.3 Å². The normalized spacial score (nSPS) is 21.1. The summed E-state index contributed by atoms with van der Waals surface area (Å²) in [4.78, 5) is 13.0. The van der Waals surface area contributed by atoms with Gasteiger partial charge in [0.05, 0.1) is 6.04 Å². The van der Waals surface area contributed by atoms with Crippen molar-refractivity contribution < 1.29 is 9.53 Å². The molecule has 0 spiro atoms. The first-order chi connectivity index (χ1) is 6.77. The molecule has 3 nitrogen and oxygen atoms in total. The number of carbonyl (C=O) groups is 1. The lowest BCUT2D eigenvalue weighted by Gasteiger charge is -2.17. The smallest absolute Gasteiger partial charge is 0.410 e. The van der Waals surface area contributed by atoms with Gasteiger partial charge in [-0.15, -0.1) is 0 Å². The molecule has 1 aliphatic rings. The van der Waals surface area contributed by atoms with Crippen molar-refractivity contribution >= 4 is 6.09 Å². The van der Waals surface area contributed by atoms with Gasteiger partial charge >= 0.3 is 6.09 Å². The summed E-state index contributed by atoms with van der Waals surface area (Å²) in [7, 11) is 0. The van der Waals surface area contributed by atoms with Gasteiger partial charge in [0.2, 0.25) is 0 Å². The monoisotopic (exact) mass is 191 g/mol. The first-order valence-corrected chi connectivity index (χ1v) is 4.74. The highest BCUT2D eigenvalue weighted by Crippen LogP contribution is 2.15. The van der Waals surface area contributed by atoms with Gasteiger partial charge in [-0.05, 0) is 12.5 Å². The molecule has 0 aromatic heterocycles. The predicted octanol–water partition coefficient (Wildman–Crippen LogP) is 2.03. The number of nitrogens with zero attached hydrogens (tertiary/aromatic N) is 1. The topological polar surface area (TPSA) is 29.5 Å². The van der Waals surface area contributed by atoms with Crippen molar-refractivity contribution in [3.63, 3.8) is 0 Å². The Kier molecular flexibility index (Phi) is 2.39. The highest BCUT2D eigenvalue weighted by Gasteiger charge is 2.28. The van der Waals surface area contributed by atoms with Crippen molar-refractivity contribution in [3.8, 4) is 0 Å². The number of benzene rings is 1. The molecule has 14 heavy (non-hydrogen) atoms. The minimum Gasteiger partial charge on any atom is -0.447 e. The second kappa shape index (κ2) is 3.70. The largest absolute Gasteiger partial charge is 0.447 e. The fourth-order valence-corrected chi connectivity index (χ4v) is 1.55. The molecule has 1 aromatic rings. The highest BCUT2D eigenvalue weighted by molar-refractivity contribution is 5.70. The van der Waals surface area contributed by atoms with E-state index in [-0.39, 0.29) is 12.1 Å².